The molecule has 2 N–H and O–H groups in total. The van der Waals surface area contributed by atoms with Gasteiger partial charge in [-0.3, -0.25) is 0 Å². The van der Waals surface area contributed by atoms with E-state index in [9.17, 15) is 9.50 Å². The molecule has 1 aromatic heterocycles. The van der Waals surface area contributed by atoms with Crippen molar-refractivity contribution in [1.29, 1.82) is 0 Å². The molecule has 0 aliphatic carbocycles. The number of aromatic amines is 1. The van der Waals surface area contributed by atoms with Crippen molar-refractivity contribution >= 4 is 11.6 Å². The molecular weight excluding hydrogens is 231 g/mol. The van der Waals surface area contributed by atoms with Crippen LogP contribution in [0, 0.1) is 5.82 Å². The molecule has 5 heteroatoms. The Morgan fingerprint density at radius 1 is 1.50 bits per heavy atom. The molecular formula is C11H10ClFN2O. The van der Waals surface area contributed by atoms with Crippen molar-refractivity contribution in [2.24, 2.45) is 0 Å². The Hall–Kier alpha value is -1.39. The van der Waals surface area contributed by atoms with Gasteiger partial charge in [-0.15, -0.1) is 0 Å². The number of nitrogens with one attached hydrogen (secondary N) is 1. The maximum atomic E-state index is 12.9. The summed E-state index contributed by atoms with van der Waals surface area (Å²) in [6, 6.07) is 4.17. The summed E-state index contributed by atoms with van der Waals surface area (Å²) in [5.74, 6) is 0.184. The summed E-state index contributed by atoms with van der Waals surface area (Å²) in [6.45, 7) is 0. The first-order chi connectivity index (χ1) is 7.66. The number of benzene rings is 1. The summed E-state index contributed by atoms with van der Waals surface area (Å²) in [4.78, 5) is 6.88. The predicted molar refractivity (Wildman–Crippen MR) is 58.7 cm³/mol. The number of aromatic nitrogens is 2. The number of hydrogen-bond donors (Lipinski definition) is 2. The molecule has 0 radical (unpaired) electrons. The molecule has 2 aromatic rings. The molecule has 0 spiro atoms. The molecule has 84 valence electrons. The third kappa shape index (κ3) is 2.40. The van der Waals surface area contributed by atoms with Crippen LogP contribution in [0.1, 0.15) is 17.5 Å². The van der Waals surface area contributed by atoms with Crippen molar-refractivity contribution in [2.75, 3.05) is 0 Å². The second-order valence-electron chi connectivity index (χ2n) is 3.43. The van der Waals surface area contributed by atoms with Crippen LogP contribution in [0.3, 0.4) is 0 Å². The van der Waals surface area contributed by atoms with Gasteiger partial charge >= 0.3 is 0 Å². The average Bonchev–Trinajstić information content (AvgIpc) is 2.74. The van der Waals surface area contributed by atoms with Gasteiger partial charge in [0.05, 0.1) is 11.1 Å². The highest BCUT2D eigenvalue weighted by Gasteiger charge is 2.11. The van der Waals surface area contributed by atoms with E-state index in [-0.39, 0.29) is 5.02 Å². The van der Waals surface area contributed by atoms with Crippen LogP contribution in [0.15, 0.2) is 30.6 Å². The van der Waals surface area contributed by atoms with E-state index >= 15 is 0 Å². The molecule has 0 bridgehead atoms. The van der Waals surface area contributed by atoms with Gasteiger partial charge in [-0.1, -0.05) is 17.7 Å². The number of nitrogens with zero attached hydrogens (tertiary/aromatic N) is 1. The first-order valence-electron chi connectivity index (χ1n) is 4.78. The van der Waals surface area contributed by atoms with Crippen LogP contribution >= 0.6 is 11.6 Å². The predicted octanol–water partition coefficient (Wildman–Crippen LogP) is 2.48. The van der Waals surface area contributed by atoms with Crippen LogP contribution in [0.5, 0.6) is 0 Å². The molecule has 0 fully saturated rings. The quantitative estimate of drug-likeness (QED) is 0.866. The third-order valence-electron chi connectivity index (χ3n) is 2.27. The summed E-state index contributed by atoms with van der Waals surface area (Å²) in [5, 5.41) is 9.88. The number of halogens is 2. The Labute approximate surface area is 96.9 Å². The summed E-state index contributed by atoms with van der Waals surface area (Å²) in [7, 11) is 0. The lowest BCUT2D eigenvalue weighted by Gasteiger charge is -2.09. The molecule has 0 saturated heterocycles. The minimum Gasteiger partial charge on any atom is -0.388 e. The van der Waals surface area contributed by atoms with Gasteiger partial charge in [-0.05, 0) is 17.7 Å². The standard InChI is InChI=1S/C11H10ClFN2O/c12-8-5-7(1-2-9(8)13)10(16)6-11-14-3-4-15-11/h1-5,10,16H,6H2,(H,14,15). The van der Waals surface area contributed by atoms with Crippen LogP contribution in [-0.4, -0.2) is 15.1 Å². The zero-order chi connectivity index (χ0) is 11.5. The maximum Gasteiger partial charge on any atom is 0.141 e. The van der Waals surface area contributed by atoms with Crippen LogP contribution in [-0.2, 0) is 6.42 Å². The summed E-state index contributed by atoms with van der Waals surface area (Å²) >= 11 is 5.63. The molecule has 3 nitrogen and oxygen atoms in total. The van der Waals surface area contributed by atoms with Gasteiger partial charge in [0.25, 0.3) is 0 Å². The van der Waals surface area contributed by atoms with Gasteiger partial charge in [0.15, 0.2) is 0 Å². The zero-order valence-corrected chi connectivity index (χ0v) is 9.08. The largest absolute Gasteiger partial charge is 0.388 e. The van der Waals surface area contributed by atoms with E-state index in [0.29, 0.717) is 17.8 Å². The summed E-state index contributed by atoms with van der Waals surface area (Å²) < 4.78 is 12.9. The topological polar surface area (TPSA) is 48.9 Å². The van der Waals surface area contributed by atoms with E-state index in [1.165, 1.54) is 18.2 Å². The van der Waals surface area contributed by atoms with E-state index < -0.39 is 11.9 Å². The highest BCUT2D eigenvalue weighted by Crippen LogP contribution is 2.22. The van der Waals surface area contributed by atoms with Crippen molar-refractivity contribution in [2.45, 2.75) is 12.5 Å². The molecule has 1 atom stereocenters. The van der Waals surface area contributed by atoms with Crippen molar-refractivity contribution < 1.29 is 9.50 Å². The lowest BCUT2D eigenvalue weighted by atomic mass is 10.1. The van der Waals surface area contributed by atoms with E-state index in [2.05, 4.69) is 9.97 Å². The Morgan fingerprint density at radius 2 is 2.31 bits per heavy atom. The van der Waals surface area contributed by atoms with E-state index in [4.69, 9.17) is 11.6 Å². The lowest BCUT2D eigenvalue weighted by Crippen LogP contribution is -2.03. The molecule has 16 heavy (non-hydrogen) atoms. The maximum absolute atomic E-state index is 12.9. The van der Waals surface area contributed by atoms with Crippen LogP contribution < -0.4 is 0 Å². The molecule has 1 aromatic carbocycles. The zero-order valence-electron chi connectivity index (χ0n) is 8.32. The Morgan fingerprint density at radius 3 is 2.94 bits per heavy atom. The number of aliphatic hydroxyl groups is 1. The number of hydrogen-bond acceptors (Lipinski definition) is 2. The molecule has 1 unspecified atom stereocenters. The fourth-order valence-corrected chi connectivity index (χ4v) is 1.62. The minimum absolute atomic E-state index is 0.0102. The first-order valence-corrected chi connectivity index (χ1v) is 5.16. The minimum atomic E-state index is -0.746. The fraction of sp³-hybridized carbons (Fsp3) is 0.182. The van der Waals surface area contributed by atoms with Gasteiger partial charge in [-0.25, -0.2) is 9.37 Å². The molecule has 1 heterocycles. The number of aliphatic hydroxyl groups excluding tert-OH is 1. The van der Waals surface area contributed by atoms with Crippen molar-refractivity contribution in [3.63, 3.8) is 0 Å². The molecule has 0 saturated carbocycles. The smallest absolute Gasteiger partial charge is 0.141 e. The normalized spacial score (nSPS) is 12.7. The second kappa shape index (κ2) is 4.63. The van der Waals surface area contributed by atoms with Crippen molar-refractivity contribution in [3.05, 3.63) is 52.8 Å². The fourth-order valence-electron chi connectivity index (χ4n) is 1.43. The van der Waals surface area contributed by atoms with Crippen LogP contribution in [0.4, 0.5) is 4.39 Å². The number of imidazole rings is 1. The molecule has 0 amide bonds. The monoisotopic (exact) mass is 240 g/mol. The van der Waals surface area contributed by atoms with Crippen LogP contribution in [0.25, 0.3) is 0 Å². The van der Waals surface area contributed by atoms with E-state index in [1.54, 1.807) is 12.4 Å². The highest BCUT2D eigenvalue weighted by atomic mass is 35.5. The Kier molecular flexibility index (Phi) is 3.22. The molecule has 2 rings (SSSR count). The van der Waals surface area contributed by atoms with E-state index in [1.807, 2.05) is 0 Å². The summed E-state index contributed by atoms with van der Waals surface area (Å²) in [5.41, 5.74) is 0.572. The second-order valence-corrected chi connectivity index (χ2v) is 3.84. The Bertz CT molecular complexity index is 473. The SMILES string of the molecule is OC(Cc1ncc[nH]1)c1ccc(F)c(Cl)c1. The highest BCUT2D eigenvalue weighted by molar-refractivity contribution is 6.30. The summed E-state index contributed by atoms with van der Waals surface area (Å²) in [6.07, 6.45) is 2.89. The Balaban J connectivity index is 2.14. The first kappa shape index (κ1) is 11.1. The van der Waals surface area contributed by atoms with Crippen LogP contribution in [0.2, 0.25) is 5.02 Å². The third-order valence-corrected chi connectivity index (χ3v) is 2.56. The van der Waals surface area contributed by atoms with E-state index in [0.717, 1.165) is 0 Å². The molecule has 0 aliphatic heterocycles. The average molecular weight is 241 g/mol. The lowest BCUT2D eigenvalue weighted by molar-refractivity contribution is 0.176. The number of H-pyrrole nitrogens is 1. The van der Waals surface area contributed by atoms with Crippen molar-refractivity contribution in [1.82, 2.24) is 9.97 Å². The molecule has 0 aliphatic rings. The van der Waals surface area contributed by atoms with Gasteiger partial charge < -0.3 is 10.1 Å². The van der Waals surface area contributed by atoms with Crippen molar-refractivity contribution in [3.8, 4) is 0 Å². The van der Waals surface area contributed by atoms with Gasteiger partial charge in [0.2, 0.25) is 0 Å². The number of rotatable bonds is 3. The van der Waals surface area contributed by atoms with Gasteiger partial charge in [0.1, 0.15) is 11.6 Å². The van der Waals surface area contributed by atoms with Gasteiger partial charge in [0, 0.05) is 18.8 Å². The van der Waals surface area contributed by atoms with Gasteiger partial charge in [-0.2, -0.15) is 0 Å².